The summed E-state index contributed by atoms with van der Waals surface area (Å²) in [6, 6.07) is 15.0. The van der Waals surface area contributed by atoms with Gasteiger partial charge in [0.15, 0.2) is 5.82 Å². The average molecular weight is 474 g/mol. The van der Waals surface area contributed by atoms with Crippen molar-refractivity contribution in [2.24, 2.45) is 0 Å². The van der Waals surface area contributed by atoms with E-state index in [4.69, 9.17) is 21.1 Å². The van der Waals surface area contributed by atoms with Crippen molar-refractivity contribution in [2.75, 3.05) is 32.8 Å². The highest BCUT2D eigenvalue weighted by Crippen LogP contribution is 2.40. The number of nitrogens with one attached hydrogen (secondary N) is 2. The molecule has 10 heteroatoms. The molecule has 1 aromatic heterocycles. The van der Waals surface area contributed by atoms with Gasteiger partial charge in [0.25, 0.3) is 0 Å². The Balaban J connectivity index is 1.67. The van der Waals surface area contributed by atoms with Crippen LogP contribution in [-0.4, -0.2) is 53.4 Å². The van der Waals surface area contributed by atoms with E-state index in [1.54, 1.807) is 20.3 Å². The number of carbonyl (C=O) groups is 1. The van der Waals surface area contributed by atoms with Crippen molar-refractivity contribution in [3.63, 3.8) is 0 Å². The molecule has 0 fully saturated rings. The van der Waals surface area contributed by atoms with Crippen LogP contribution in [0.15, 0.2) is 53.7 Å². The van der Waals surface area contributed by atoms with Gasteiger partial charge in [-0.2, -0.15) is 0 Å². The number of thioether (sulfide) groups is 1. The predicted molar refractivity (Wildman–Crippen MR) is 125 cm³/mol. The highest BCUT2D eigenvalue weighted by atomic mass is 35.5. The van der Waals surface area contributed by atoms with Gasteiger partial charge in [-0.25, -0.2) is 4.68 Å². The number of hydrogen-bond acceptors (Lipinski definition) is 7. The zero-order chi connectivity index (χ0) is 22.5. The minimum Gasteiger partial charge on any atom is -0.495 e. The summed E-state index contributed by atoms with van der Waals surface area (Å²) in [6.45, 7) is 1.12. The van der Waals surface area contributed by atoms with E-state index in [-0.39, 0.29) is 11.9 Å². The van der Waals surface area contributed by atoms with Crippen LogP contribution >= 0.6 is 23.4 Å². The lowest BCUT2D eigenvalue weighted by Crippen LogP contribution is -2.44. The summed E-state index contributed by atoms with van der Waals surface area (Å²) in [5.41, 5.74) is 5.23. The number of rotatable bonds is 8. The Kier molecular flexibility index (Phi) is 7.19. The summed E-state index contributed by atoms with van der Waals surface area (Å²) in [5, 5.41) is 12.3. The SMILES string of the molecule is COCCCNC(=O)[C@H]1Sc2nnc(-c3ccccc3)n2N[C@H]1c1ccc(OC)c(Cl)c1. The Labute approximate surface area is 195 Å². The molecule has 2 atom stereocenters. The van der Waals surface area contributed by atoms with Gasteiger partial charge < -0.3 is 20.2 Å². The number of hydrogen-bond donors (Lipinski definition) is 2. The smallest absolute Gasteiger partial charge is 0.236 e. The van der Waals surface area contributed by atoms with Crippen molar-refractivity contribution < 1.29 is 14.3 Å². The molecule has 32 heavy (non-hydrogen) atoms. The molecule has 3 aromatic rings. The van der Waals surface area contributed by atoms with Crippen molar-refractivity contribution in [1.29, 1.82) is 0 Å². The molecule has 8 nitrogen and oxygen atoms in total. The molecule has 0 spiro atoms. The van der Waals surface area contributed by atoms with Gasteiger partial charge in [0, 0.05) is 25.8 Å². The first kappa shape index (κ1) is 22.4. The largest absolute Gasteiger partial charge is 0.495 e. The second-order valence-corrected chi connectivity index (χ2v) is 8.70. The molecule has 1 aliphatic rings. The second kappa shape index (κ2) is 10.2. The third-order valence-corrected chi connectivity index (χ3v) is 6.60. The lowest BCUT2D eigenvalue weighted by molar-refractivity contribution is -0.121. The van der Waals surface area contributed by atoms with Crippen LogP contribution in [0.2, 0.25) is 5.02 Å². The van der Waals surface area contributed by atoms with Crippen LogP contribution in [0.5, 0.6) is 5.75 Å². The van der Waals surface area contributed by atoms with Gasteiger partial charge in [0.2, 0.25) is 11.1 Å². The van der Waals surface area contributed by atoms with Gasteiger partial charge in [-0.3, -0.25) is 4.79 Å². The Morgan fingerprint density at radius 2 is 2.03 bits per heavy atom. The topological polar surface area (TPSA) is 90.3 Å². The predicted octanol–water partition coefficient (Wildman–Crippen LogP) is 3.52. The third kappa shape index (κ3) is 4.69. The first-order valence-electron chi connectivity index (χ1n) is 10.2. The molecule has 4 rings (SSSR count). The summed E-state index contributed by atoms with van der Waals surface area (Å²) in [4.78, 5) is 13.1. The maximum absolute atomic E-state index is 13.1. The minimum atomic E-state index is -0.470. The molecule has 0 saturated heterocycles. The normalized spacial score (nSPS) is 17.3. The van der Waals surface area contributed by atoms with E-state index < -0.39 is 5.25 Å². The molecule has 2 N–H and O–H groups in total. The molecule has 0 unspecified atom stereocenters. The molecular weight excluding hydrogens is 450 g/mol. The van der Waals surface area contributed by atoms with Crippen LogP contribution in [-0.2, 0) is 9.53 Å². The molecule has 0 saturated carbocycles. The number of ether oxygens (including phenoxy) is 2. The number of carbonyl (C=O) groups excluding carboxylic acids is 1. The monoisotopic (exact) mass is 473 g/mol. The van der Waals surface area contributed by atoms with Crippen LogP contribution in [0, 0.1) is 0 Å². The van der Waals surface area contributed by atoms with Crippen molar-refractivity contribution in [1.82, 2.24) is 20.2 Å². The van der Waals surface area contributed by atoms with Crippen molar-refractivity contribution in [3.8, 4) is 17.1 Å². The molecule has 1 aliphatic heterocycles. The van der Waals surface area contributed by atoms with Gasteiger partial charge in [0.1, 0.15) is 11.0 Å². The highest BCUT2D eigenvalue weighted by molar-refractivity contribution is 8.00. The Bertz CT molecular complexity index is 1080. The zero-order valence-corrected chi connectivity index (χ0v) is 19.3. The summed E-state index contributed by atoms with van der Waals surface area (Å²) in [7, 11) is 3.21. The second-order valence-electron chi connectivity index (χ2n) is 7.18. The number of amides is 1. The maximum Gasteiger partial charge on any atom is 0.236 e. The fourth-order valence-corrected chi connectivity index (χ4v) is 4.85. The van der Waals surface area contributed by atoms with Gasteiger partial charge in [-0.05, 0) is 24.1 Å². The molecule has 1 amide bonds. The summed E-state index contributed by atoms with van der Waals surface area (Å²) >= 11 is 7.77. The average Bonchev–Trinajstić information content (AvgIpc) is 3.24. The van der Waals surface area contributed by atoms with Gasteiger partial charge in [0.05, 0.1) is 18.2 Å². The standard InChI is InChI=1S/C22H24ClN5O3S/c1-30-12-6-11-24-21(29)19-18(15-9-10-17(31-2)16(23)13-15)27-28-20(25-26-22(28)32-19)14-7-4-3-5-8-14/h3-5,7-10,13,18-19,27H,6,11-12H2,1-2H3,(H,24,29)/t18-,19-/m0/s1. The Hall–Kier alpha value is -2.75. The number of benzene rings is 2. The molecule has 2 aromatic carbocycles. The maximum atomic E-state index is 13.1. The lowest BCUT2D eigenvalue weighted by Gasteiger charge is -2.33. The van der Waals surface area contributed by atoms with Crippen molar-refractivity contribution in [2.45, 2.75) is 22.9 Å². The van der Waals surface area contributed by atoms with Crippen molar-refractivity contribution in [3.05, 3.63) is 59.1 Å². The summed E-state index contributed by atoms with van der Waals surface area (Å²) in [6.07, 6.45) is 0.737. The number of methoxy groups -OCH3 is 2. The quantitative estimate of drug-likeness (QED) is 0.484. The van der Waals surface area contributed by atoms with Crippen molar-refractivity contribution >= 4 is 29.3 Å². The van der Waals surface area contributed by atoms with Crippen LogP contribution in [0.25, 0.3) is 11.4 Å². The van der Waals surface area contributed by atoms with Gasteiger partial charge in [-0.1, -0.05) is 59.8 Å². The van der Waals surface area contributed by atoms with E-state index in [1.165, 1.54) is 11.8 Å². The molecular formula is C22H24ClN5O3S. The van der Waals surface area contributed by atoms with Crippen LogP contribution in [0.4, 0.5) is 0 Å². The van der Waals surface area contributed by atoms with Gasteiger partial charge in [-0.15, -0.1) is 10.2 Å². The number of fused-ring (bicyclic) bond motifs is 1. The minimum absolute atomic E-state index is 0.0916. The fourth-order valence-electron chi connectivity index (χ4n) is 3.48. The molecule has 168 valence electrons. The summed E-state index contributed by atoms with van der Waals surface area (Å²) in [5.74, 6) is 1.16. The first-order valence-corrected chi connectivity index (χ1v) is 11.4. The summed E-state index contributed by atoms with van der Waals surface area (Å²) < 4.78 is 12.2. The van der Waals surface area contributed by atoms with E-state index >= 15 is 0 Å². The van der Waals surface area contributed by atoms with E-state index in [0.29, 0.717) is 34.9 Å². The van der Waals surface area contributed by atoms with Crippen LogP contribution < -0.4 is 15.5 Å². The third-order valence-electron chi connectivity index (χ3n) is 5.09. The number of aromatic nitrogens is 3. The molecule has 0 radical (unpaired) electrons. The van der Waals surface area contributed by atoms with Gasteiger partial charge >= 0.3 is 0 Å². The van der Waals surface area contributed by atoms with Crippen LogP contribution in [0.3, 0.4) is 0 Å². The van der Waals surface area contributed by atoms with E-state index in [0.717, 1.165) is 17.5 Å². The fraction of sp³-hybridized carbons (Fsp3) is 0.318. The Morgan fingerprint density at radius 1 is 1.22 bits per heavy atom. The Morgan fingerprint density at radius 3 is 2.75 bits per heavy atom. The van der Waals surface area contributed by atoms with E-state index in [2.05, 4.69) is 20.9 Å². The highest BCUT2D eigenvalue weighted by Gasteiger charge is 2.38. The zero-order valence-electron chi connectivity index (χ0n) is 17.7. The van der Waals surface area contributed by atoms with E-state index in [9.17, 15) is 4.79 Å². The number of halogens is 1. The van der Waals surface area contributed by atoms with Crippen LogP contribution in [0.1, 0.15) is 18.0 Å². The molecule has 2 heterocycles. The first-order chi connectivity index (χ1) is 15.6. The number of nitrogens with zero attached hydrogens (tertiary/aromatic N) is 3. The molecule has 0 aliphatic carbocycles. The molecule has 0 bridgehead atoms. The van der Waals surface area contributed by atoms with E-state index in [1.807, 2.05) is 47.1 Å². The lowest BCUT2D eigenvalue weighted by atomic mass is 10.0.